The van der Waals surface area contributed by atoms with E-state index in [1.165, 1.54) is 15.2 Å². The molecule has 102 valence electrons. The smallest absolute Gasteiger partial charge is 0.261 e. The number of halogens is 1. The van der Waals surface area contributed by atoms with E-state index in [1.807, 2.05) is 0 Å². The molecule has 18 heavy (non-hydrogen) atoms. The molecule has 1 fully saturated rings. The van der Waals surface area contributed by atoms with E-state index in [0.29, 0.717) is 13.0 Å². The maximum atomic E-state index is 12.5. The molecule has 1 aliphatic rings. The first-order chi connectivity index (χ1) is 8.48. The van der Waals surface area contributed by atoms with Gasteiger partial charge in [0.25, 0.3) is 10.0 Å². The number of nitrogens with zero attached hydrogens (tertiary/aromatic N) is 3. The highest BCUT2D eigenvalue weighted by atomic mass is 35.5. The largest absolute Gasteiger partial charge is 0.396 e. The van der Waals surface area contributed by atoms with Crippen LogP contribution in [0.4, 0.5) is 0 Å². The maximum absolute atomic E-state index is 12.5. The number of rotatable bonds is 4. The summed E-state index contributed by atoms with van der Waals surface area (Å²) in [6.07, 6.45) is 3.36. The van der Waals surface area contributed by atoms with Crippen molar-refractivity contribution < 1.29 is 13.5 Å². The zero-order valence-corrected chi connectivity index (χ0v) is 11.7. The molecule has 1 atom stereocenters. The number of hydrogen-bond donors (Lipinski definition) is 1. The molecule has 1 aromatic heterocycles. The lowest BCUT2D eigenvalue weighted by molar-refractivity contribution is 0.246. The highest BCUT2D eigenvalue weighted by molar-refractivity contribution is 7.89. The minimum Gasteiger partial charge on any atom is -0.396 e. The van der Waals surface area contributed by atoms with E-state index in [2.05, 4.69) is 5.10 Å². The summed E-state index contributed by atoms with van der Waals surface area (Å²) in [6, 6.07) is -0.147. The van der Waals surface area contributed by atoms with Crippen molar-refractivity contribution in [2.24, 2.45) is 7.05 Å². The lowest BCUT2D eigenvalue weighted by Crippen LogP contribution is -2.37. The Morgan fingerprint density at radius 3 is 2.89 bits per heavy atom. The van der Waals surface area contributed by atoms with Crippen LogP contribution in [0.1, 0.15) is 19.3 Å². The number of aryl methyl sites for hydroxylation is 1. The molecule has 0 amide bonds. The Hall–Kier alpha value is -0.630. The third kappa shape index (κ3) is 2.27. The predicted molar refractivity (Wildman–Crippen MR) is 66.8 cm³/mol. The van der Waals surface area contributed by atoms with Crippen molar-refractivity contribution in [2.75, 3.05) is 13.2 Å². The minimum atomic E-state index is -3.64. The van der Waals surface area contributed by atoms with Crippen molar-refractivity contribution in [3.8, 4) is 0 Å². The van der Waals surface area contributed by atoms with Crippen LogP contribution in [0.25, 0.3) is 0 Å². The van der Waals surface area contributed by atoms with Gasteiger partial charge in [0.1, 0.15) is 0 Å². The third-order valence-electron chi connectivity index (χ3n) is 3.18. The first-order valence-electron chi connectivity index (χ1n) is 5.78. The van der Waals surface area contributed by atoms with Gasteiger partial charge in [0.05, 0.1) is 11.2 Å². The number of aliphatic hydroxyl groups excluding tert-OH is 1. The molecule has 0 bridgehead atoms. The van der Waals surface area contributed by atoms with Crippen LogP contribution in [0.2, 0.25) is 5.02 Å². The fourth-order valence-corrected chi connectivity index (χ4v) is 4.70. The molecule has 0 spiro atoms. The second kappa shape index (κ2) is 5.16. The molecule has 0 aliphatic carbocycles. The van der Waals surface area contributed by atoms with Crippen LogP contribution < -0.4 is 0 Å². The highest BCUT2D eigenvalue weighted by Gasteiger charge is 2.37. The number of sulfonamides is 1. The van der Waals surface area contributed by atoms with Gasteiger partial charge < -0.3 is 5.11 Å². The van der Waals surface area contributed by atoms with Crippen LogP contribution in [0.5, 0.6) is 0 Å². The van der Waals surface area contributed by atoms with Gasteiger partial charge in [-0.3, -0.25) is 4.68 Å². The molecule has 1 saturated heterocycles. The Morgan fingerprint density at radius 1 is 1.61 bits per heavy atom. The summed E-state index contributed by atoms with van der Waals surface area (Å²) in [6.45, 7) is 0.449. The van der Waals surface area contributed by atoms with Crippen LogP contribution in [-0.4, -0.2) is 46.8 Å². The summed E-state index contributed by atoms with van der Waals surface area (Å²) >= 11 is 5.89. The zero-order chi connectivity index (χ0) is 13.3. The Morgan fingerprint density at radius 2 is 2.33 bits per heavy atom. The van der Waals surface area contributed by atoms with Crippen molar-refractivity contribution in [2.45, 2.75) is 30.3 Å². The SMILES string of the molecule is Cn1ncc(Cl)c1S(=O)(=O)N1CCCC1CCO. The molecular weight excluding hydrogens is 278 g/mol. The van der Waals surface area contributed by atoms with E-state index in [9.17, 15) is 8.42 Å². The van der Waals surface area contributed by atoms with Crippen LogP contribution in [0.3, 0.4) is 0 Å². The van der Waals surface area contributed by atoms with Gasteiger partial charge in [-0.05, 0) is 19.3 Å². The molecular formula is C10H16ClN3O3S. The van der Waals surface area contributed by atoms with Crippen molar-refractivity contribution in [1.29, 1.82) is 0 Å². The molecule has 0 saturated carbocycles. The molecule has 1 unspecified atom stereocenters. The summed E-state index contributed by atoms with van der Waals surface area (Å²) < 4.78 is 27.7. The number of aliphatic hydroxyl groups is 1. The molecule has 0 radical (unpaired) electrons. The molecule has 1 aromatic rings. The van der Waals surface area contributed by atoms with E-state index < -0.39 is 10.0 Å². The lowest BCUT2D eigenvalue weighted by Gasteiger charge is -2.23. The Balaban J connectivity index is 2.37. The van der Waals surface area contributed by atoms with Gasteiger partial charge in [-0.2, -0.15) is 9.40 Å². The van der Waals surface area contributed by atoms with E-state index >= 15 is 0 Å². The zero-order valence-electron chi connectivity index (χ0n) is 10.1. The standard InChI is InChI=1S/C10H16ClN3O3S/c1-13-10(9(11)7-12-13)18(16,17)14-5-2-3-8(14)4-6-15/h7-8,15H,2-6H2,1H3. The summed E-state index contributed by atoms with van der Waals surface area (Å²) in [5.41, 5.74) is 0. The molecule has 8 heteroatoms. The van der Waals surface area contributed by atoms with E-state index in [1.54, 1.807) is 7.05 Å². The van der Waals surface area contributed by atoms with Gasteiger partial charge in [-0.1, -0.05) is 11.6 Å². The average molecular weight is 294 g/mol. The van der Waals surface area contributed by atoms with Crippen molar-refractivity contribution >= 4 is 21.6 Å². The molecule has 6 nitrogen and oxygen atoms in total. The quantitative estimate of drug-likeness (QED) is 0.882. The second-order valence-electron chi connectivity index (χ2n) is 4.35. The van der Waals surface area contributed by atoms with Gasteiger partial charge in [0, 0.05) is 26.2 Å². The van der Waals surface area contributed by atoms with Crippen LogP contribution in [0.15, 0.2) is 11.2 Å². The van der Waals surface area contributed by atoms with E-state index in [-0.39, 0.29) is 22.7 Å². The van der Waals surface area contributed by atoms with Crippen molar-refractivity contribution in [3.05, 3.63) is 11.2 Å². The number of hydrogen-bond acceptors (Lipinski definition) is 4. The number of aromatic nitrogens is 2. The van der Waals surface area contributed by atoms with Gasteiger partial charge in [-0.25, -0.2) is 8.42 Å². The van der Waals surface area contributed by atoms with E-state index in [0.717, 1.165) is 12.8 Å². The normalized spacial score (nSPS) is 21.6. The van der Waals surface area contributed by atoms with Crippen LogP contribution >= 0.6 is 11.6 Å². The van der Waals surface area contributed by atoms with Crippen LogP contribution in [0, 0.1) is 0 Å². The monoisotopic (exact) mass is 293 g/mol. The summed E-state index contributed by atoms with van der Waals surface area (Å²) in [5.74, 6) is 0. The summed E-state index contributed by atoms with van der Waals surface area (Å²) in [7, 11) is -2.09. The fourth-order valence-electron chi connectivity index (χ4n) is 2.36. The highest BCUT2D eigenvalue weighted by Crippen LogP contribution is 2.30. The molecule has 2 heterocycles. The van der Waals surface area contributed by atoms with Gasteiger partial charge in [0.15, 0.2) is 5.03 Å². The maximum Gasteiger partial charge on any atom is 0.261 e. The first kappa shape index (κ1) is 13.8. The van der Waals surface area contributed by atoms with Crippen LogP contribution in [-0.2, 0) is 17.1 Å². The molecule has 1 N–H and O–H groups in total. The summed E-state index contributed by atoms with van der Waals surface area (Å²) in [4.78, 5) is 0. The fraction of sp³-hybridized carbons (Fsp3) is 0.700. The predicted octanol–water partition coefficient (Wildman–Crippen LogP) is 0.609. The van der Waals surface area contributed by atoms with E-state index in [4.69, 9.17) is 16.7 Å². The van der Waals surface area contributed by atoms with Gasteiger partial charge in [-0.15, -0.1) is 0 Å². The van der Waals surface area contributed by atoms with Gasteiger partial charge in [0.2, 0.25) is 0 Å². The van der Waals surface area contributed by atoms with Crippen molar-refractivity contribution in [1.82, 2.24) is 14.1 Å². The molecule has 2 rings (SSSR count). The first-order valence-corrected chi connectivity index (χ1v) is 7.60. The molecule has 1 aliphatic heterocycles. The lowest BCUT2D eigenvalue weighted by atomic mass is 10.2. The van der Waals surface area contributed by atoms with Crippen molar-refractivity contribution in [3.63, 3.8) is 0 Å². The Labute approximate surface area is 111 Å². The summed E-state index contributed by atoms with van der Waals surface area (Å²) in [5, 5.41) is 13.0. The molecule has 0 aromatic carbocycles. The Kier molecular flexibility index (Phi) is 3.96. The topological polar surface area (TPSA) is 75.4 Å². The van der Waals surface area contributed by atoms with Gasteiger partial charge >= 0.3 is 0 Å². The third-order valence-corrected chi connectivity index (χ3v) is 5.64. The minimum absolute atomic E-state index is 0.0180. The average Bonchev–Trinajstić information content (AvgIpc) is 2.87. The Bertz CT molecular complexity index is 509. The second-order valence-corrected chi connectivity index (χ2v) is 6.56.